The highest BCUT2D eigenvalue weighted by atomic mass is 32.1. The molecule has 2 amide bonds. The Hall–Kier alpha value is -3.49. The molecule has 1 unspecified atom stereocenters. The van der Waals surface area contributed by atoms with Crippen LogP contribution in [0.25, 0.3) is 10.4 Å². The molecule has 2 aromatic carbocycles. The topological polar surface area (TPSA) is 102 Å². The maximum absolute atomic E-state index is 13.7. The van der Waals surface area contributed by atoms with E-state index in [1.807, 2.05) is 60.7 Å². The van der Waals surface area contributed by atoms with Gasteiger partial charge in [0, 0.05) is 10.8 Å². The standard InChI is InChI=1S/C27H29N3O4S/c1-2-34-27(33)21-17-22(18-9-5-3-6-10-18)35-26(21)29-25(32)23(19-11-7-4-8-12-19)30-15-13-20(14-16-30)24(28)31/h3-12,17,20,23H,2,13-16H2,1H3,(H2,28,31)(H,29,32). The summed E-state index contributed by atoms with van der Waals surface area (Å²) in [6, 6.07) is 20.4. The van der Waals surface area contributed by atoms with Crippen molar-refractivity contribution in [2.45, 2.75) is 25.8 Å². The van der Waals surface area contributed by atoms with Gasteiger partial charge in [0.1, 0.15) is 11.0 Å². The van der Waals surface area contributed by atoms with E-state index < -0.39 is 12.0 Å². The number of carbonyl (C=O) groups excluding carboxylic acids is 3. The maximum atomic E-state index is 13.7. The zero-order chi connectivity index (χ0) is 24.8. The van der Waals surface area contributed by atoms with E-state index in [2.05, 4.69) is 10.2 Å². The van der Waals surface area contributed by atoms with E-state index >= 15 is 0 Å². The first kappa shape index (κ1) is 24.6. The number of thiophene rings is 1. The van der Waals surface area contributed by atoms with Crippen molar-refractivity contribution >= 4 is 34.1 Å². The summed E-state index contributed by atoms with van der Waals surface area (Å²) in [6.45, 7) is 3.14. The molecule has 0 saturated carbocycles. The van der Waals surface area contributed by atoms with Crippen molar-refractivity contribution in [2.75, 3.05) is 25.0 Å². The first-order valence-corrected chi connectivity index (χ1v) is 12.5. The quantitative estimate of drug-likeness (QED) is 0.453. The molecule has 1 aromatic heterocycles. The Kier molecular flexibility index (Phi) is 7.94. The number of benzene rings is 2. The Morgan fingerprint density at radius 3 is 2.29 bits per heavy atom. The van der Waals surface area contributed by atoms with Crippen LogP contribution < -0.4 is 11.1 Å². The van der Waals surface area contributed by atoms with Gasteiger partial charge in [-0.25, -0.2) is 4.79 Å². The minimum Gasteiger partial charge on any atom is -0.462 e. The van der Waals surface area contributed by atoms with E-state index in [4.69, 9.17) is 10.5 Å². The molecule has 1 atom stereocenters. The molecule has 4 rings (SSSR count). The number of primary amides is 1. The normalized spacial score (nSPS) is 15.3. The Bertz CT molecular complexity index is 1170. The number of hydrogen-bond donors (Lipinski definition) is 2. The number of amides is 2. The van der Waals surface area contributed by atoms with Gasteiger partial charge in [-0.3, -0.25) is 14.5 Å². The van der Waals surface area contributed by atoms with Crippen LogP contribution in [0.3, 0.4) is 0 Å². The number of rotatable bonds is 8. The fourth-order valence-electron chi connectivity index (χ4n) is 4.37. The number of carbonyl (C=O) groups is 3. The SMILES string of the molecule is CCOC(=O)c1cc(-c2ccccc2)sc1NC(=O)C(c1ccccc1)N1CCC(C(N)=O)CC1. The van der Waals surface area contributed by atoms with Gasteiger partial charge in [-0.1, -0.05) is 60.7 Å². The Balaban J connectivity index is 1.64. The fourth-order valence-corrected chi connectivity index (χ4v) is 5.43. The second-order valence-corrected chi connectivity index (χ2v) is 9.51. The summed E-state index contributed by atoms with van der Waals surface area (Å²) in [6.07, 6.45) is 1.22. The van der Waals surface area contributed by atoms with Gasteiger partial charge in [0.2, 0.25) is 11.8 Å². The lowest BCUT2D eigenvalue weighted by atomic mass is 9.93. The summed E-state index contributed by atoms with van der Waals surface area (Å²) >= 11 is 1.35. The van der Waals surface area contributed by atoms with Crippen molar-refractivity contribution in [3.8, 4) is 10.4 Å². The molecule has 1 fully saturated rings. The van der Waals surface area contributed by atoms with Crippen LogP contribution in [0.1, 0.15) is 41.7 Å². The molecule has 3 aromatic rings. The predicted octanol–water partition coefficient (Wildman–Crippen LogP) is 4.47. The Morgan fingerprint density at radius 2 is 1.69 bits per heavy atom. The number of hydrogen-bond acceptors (Lipinski definition) is 6. The molecular formula is C27H29N3O4S. The fraction of sp³-hybridized carbons (Fsp3) is 0.296. The van der Waals surface area contributed by atoms with E-state index in [9.17, 15) is 14.4 Å². The Labute approximate surface area is 208 Å². The minimum atomic E-state index is -0.567. The van der Waals surface area contributed by atoms with Crippen LogP contribution in [0.5, 0.6) is 0 Å². The van der Waals surface area contributed by atoms with Gasteiger partial charge >= 0.3 is 5.97 Å². The van der Waals surface area contributed by atoms with Crippen molar-refractivity contribution < 1.29 is 19.1 Å². The van der Waals surface area contributed by atoms with Crippen molar-refractivity contribution in [2.24, 2.45) is 11.7 Å². The van der Waals surface area contributed by atoms with Crippen LogP contribution in [0, 0.1) is 5.92 Å². The summed E-state index contributed by atoms with van der Waals surface area (Å²) in [5.41, 5.74) is 7.64. The highest BCUT2D eigenvalue weighted by Gasteiger charge is 2.33. The number of nitrogens with two attached hydrogens (primary N) is 1. The summed E-state index contributed by atoms with van der Waals surface area (Å²) in [7, 11) is 0. The zero-order valence-corrected chi connectivity index (χ0v) is 20.4. The minimum absolute atomic E-state index is 0.174. The van der Waals surface area contributed by atoms with E-state index in [0.29, 0.717) is 36.5 Å². The van der Waals surface area contributed by atoms with Crippen LogP contribution in [-0.2, 0) is 14.3 Å². The number of piperidine rings is 1. The van der Waals surface area contributed by atoms with Crippen molar-refractivity contribution in [3.05, 3.63) is 77.9 Å². The van der Waals surface area contributed by atoms with Gasteiger partial charge in [-0.15, -0.1) is 11.3 Å². The highest BCUT2D eigenvalue weighted by Crippen LogP contribution is 2.37. The van der Waals surface area contributed by atoms with Crippen molar-refractivity contribution in [3.63, 3.8) is 0 Å². The van der Waals surface area contributed by atoms with Crippen LogP contribution in [-0.4, -0.2) is 42.4 Å². The van der Waals surface area contributed by atoms with Gasteiger partial charge in [0.05, 0.1) is 12.2 Å². The molecule has 0 bridgehead atoms. The third-order valence-electron chi connectivity index (χ3n) is 6.18. The molecule has 1 aliphatic heterocycles. The summed E-state index contributed by atoms with van der Waals surface area (Å²) in [4.78, 5) is 41.0. The Morgan fingerprint density at radius 1 is 1.06 bits per heavy atom. The summed E-state index contributed by atoms with van der Waals surface area (Å²) in [5.74, 6) is -1.18. The molecule has 1 aliphatic rings. The van der Waals surface area contributed by atoms with Crippen molar-refractivity contribution in [1.82, 2.24) is 4.90 Å². The lowest BCUT2D eigenvalue weighted by molar-refractivity contribution is -0.125. The third kappa shape index (κ3) is 5.78. The van der Waals surface area contributed by atoms with Crippen LogP contribution in [0.2, 0.25) is 0 Å². The van der Waals surface area contributed by atoms with Gasteiger partial charge in [-0.2, -0.15) is 0 Å². The lowest BCUT2D eigenvalue weighted by Crippen LogP contribution is -2.44. The summed E-state index contributed by atoms with van der Waals surface area (Å²) in [5, 5.41) is 3.47. The maximum Gasteiger partial charge on any atom is 0.341 e. The van der Waals surface area contributed by atoms with Crippen LogP contribution in [0.4, 0.5) is 5.00 Å². The van der Waals surface area contributed by atoms with Gasteiger partial charge in [0.25, 0.3) is 0 Å². The molecule has 7 nitrogen and oxygen atoms in total. The second kappa shape index (κ2) is 11.3. The number of esters is 1. The molecule has 1 saturated heterocycles. The van der Waals surface area contributed by atoms with Gasteiger partial charge < -0.3 is 15.8 Å². The highest BCUT2D eigenvalue weighted by molar-refractivity contribution is 7.20. The van der Waals surface area contributed by atoms with E-state index in [1.54, 1.807) is 13.0 Å². The summed E-state index contributed by atoms with van der Waals surface area (Å²) < 4.78 is 5.26. The van der Waals surface area contributed by atoms with E-state index in [-0.39, 0.29) is 24.3 Å². The van der Waals surface area contributed by atoms with E-state index in [0.717, 1.165) is 16.0 Å². The average molecular weight is 492 g/mol. The molecule has 3 N–H and O–H groups in total. The molecule has 8 heteroatoms. The smallest absolute Gasteiger partial charge is 0.341 e. The van der Waals surface area contributed by atoms with Crippen molar-refractivity contribution in [1.29, 1.82) is 0 Å². The average Bonchev–Trinajstić information content (AvgIpc) is 3.30. The molecule has 0 aliphatic carbocycles. The number of nitrogens with zero attached hydrogens (tertiary/aromatic N) is 1. The van der Waals surface area contributed by atoms with Gasteiger partial charge in [-0.05, 0) is 50.0 Å². The molecule has 0 spiro atoms. The molecule has 182 valence electrons. The largest absolute Gasteiger partial charge is 0.462 e. The third-order valence-corrected chi connectivity index (χ3v) is 7.28. The second-order valence-electron chi connectivity index (χ2n) is 8.46. The molecule has 35 heavy (non-hydrogen) atoms. The lowest BCUT2D eigenvalue weighted by Gasteiger charge is -2.36. The number of ether oxygens (including phenoxy) is 1. The number of likely N-dealkylation sites (tertiary alicyclic amines) is 1. The van der Waals surface area contributed by atoms with Crippen LogP contribution in [0.15, 0.2) is 66.7 Å². The van der Waals surface area contributed by atoms with Gasteiger partial charge in [0.15, 0.2) is 0 Å². The number of anilines is 1. The van der Waals surface area contributed by atoms with Crippen LogP contribution >= 0.6 is 11.3 Å². The first-order valence-electron chi connectivity index (χ1n) is 11.7. The first-order chi connectivity index (χ1) is 17.0. The zero-order valence-electron chi connectivity index (χ0n) is 19.6. The molecule has 0 radical (unpaired) electrons. The van der Waals surface area contributed by atoms with E-state index in [1.165, 1.54) is 11.3 Å². The molecule has 2 heterocycles. The monoisotopic (exact) mass is 491 g/mol. The predicted molar refractivity (Wildman–Crippen MR) is 137 cm³/mol. The molecular weight excluding hydrogens is 462 g/mol. The number of nitrogens with one attached hydrogen (secondary N) is 1.